The van der Waals surface area contributed by atoms with Gasteiger partial charge in [-0.3, -0.25) is 29.0 Å². The maximum atomic E-state index is 13.2. The lowest BCUT2D eigenvalue weighted by molar-refractivity contribution is 0.0596. The van der Waals surface area contributed by atoms with Crippen molar-refractivity contribution < 1.29 is 24.3 Å². The van der Waals surface area contributed by atoms with E-state index in [2.05, 4.69) is 4.90 Å². The molecule has 0 saturated heterocycles. The maximum Gasteiger partial charge on any atom is 0.261 e. The summed E-state index contributed by atoms with van der Waals surface area (Å²) in [6.45, 7) is 2.44. The summed E-state index contributed by atoms with van der Waals surface area (Å²) in [5, 5.41) is 12.6. The zero-order valence-corrected chi connectivity index (χ0v) is 22.7. The van der Waals surface area contributed by atoms with Crippen molar-refractivity contribution in [1.29, 1.82) is 0 Å². The number of rotatable bonds is 11. The summed E-state index contributed by atoms with van der Waals surface area (Å²) in [6.07, 6.45) is 1.71. The van der Waals surface area contributed by atoms with Gasteiger partial charge < -0.3 is 10.0 Å². The van der Waals surface area contributed by atoms with Crippen molar-refractivity contribution in [1.82, 2.24) is 14.7 Å². The van der Waals surface area contributed by atoms with E-state index in [1.165, 1.54) is 9.80 Å². The zero-order chi connectivity index (χ0) is 28.5. The smallest absolute Gasteiger partial charge is 0.261 e. The summed E-state index contributed by atoms with van der Waals surface area (Å²) in [6, 6.07) is 22.0. The minimum atomic E-state index is -0.279. The van der Waals surface area contributed by atoms with Crippen LogP contribution < -0.4 is 0 Å². The fourth-order valence-corrected chi connectivity index (χ4v) is 6.10. The van der Waals surface area contributed by atoms with Gasteiger partial charge in [-0.05, 0) is 67.4 Å². The topological polar surface area (TPSA) is 98.2 Å². The quantitative estimate of drug-likeness (QED) is 0.280. The van der Waals surface area contributed by atoms with Crippen LogP contribution in [0.4, 0.5) is 0 Å². The Morgan fingerprint density at radius 2 is 0.854 bits per heavy atom. The van der Waals surface area contributed by atoms with Crippen LogP contribution in [0.2, 0.25) is 0 Å². The Morgan fingerprint density at radius 1 is 0.512 bits per heavy atom. The van der Waals surface area contributed by atoms with Crippen molar-refractivity contribution in [3.63, 3.8) is 0 Å². The molecule has 0 spiro atoms. The molecule has 0 aliphatic carbocycles. The van der Waals surface area contributed by atoms with Crippen molar-refractivity contribution >= 4 is 45.2 Å². The lowest BCUT2D eigenvalue weighted by atomic mass is 9.94. The minimum absolute atomic E-state index is 0.0459. The molecule has 0 bridgehead atoms. The van der Waals surface area contributed by atoms with E-state index < -0.39 is 0 Å². The van der Waals surface area contributed by atoms with Crippen molar-refractivity contribution in [3.05, 3.63) is 95.1 Å². The predicted octanol–water partition coefficient (Wildman–Crippen LogP) is 4.35. The fourth-order valence-electron chi connectivity index (χ4n) is 6.10. The number of amides is 4. The molecule has 2 heterocycles. The van der Waals surface area contributed by atoms with Crippen molar-refractivity contribution in [2.24, 2.45) is 0 Å². The van der Waals surface area contributed by atoms with Gasteiger partial charge in [-0.25, -0.2) is 0 Å². The molecule has 41 heavy (non-hydrogen) atoms. The number of aliphatic hydroxyl groups excluding tert-OH is 1. The van der Waals surface area contributed by atoms with Gasteiger partial charge >= 0.3 is 0 Å². The van der Waals surface area contributed by atoms with Crippen LogP contribution in [0.25, 0.3) is 21.5 Å². The number of aliphatic hydroxyl groups is 1. The van der Waals surface area contributed by atoms with Crippen LogP contribution in [-0.2, 0) is 0 Å². The molecule has 8 heteroatoms. The Morgan fingerprint density at radius 3 is 1.20 bits per heavy atom. The average molecular weight is 550 g/mol. The zero-order valence-electron chi connectivity index (χ0n) is 22.7. The molecule has 4 aromatic rings. The normalized spacial score (nSPS) is 14.7. The van der Waals surface area contributed by atoms with Crippen LogP contribution in [-0.4, -0.2) is 82.8 Å². The van der Waals surface area contributed by atoms with E-state index in [9.17, 15) is 24.3 Å². The highest BCUT2D eigenvalue weighted by atomic mass is 16.3. The number of benzene rings is 4. The first-order chi connectivity index (χ1) is 20.0. The van der Waals surface area contributed by atoms with E-state index in [-0.39, 0.29) is 43.3 Å². The second kappa shape index (κ2) is 11.2. The number of hydrogen-bond acceptors (Lipinski definition) is 6. The van der Waals surface area contributed by atoms with Gasteiger partial charge in [0, 0.05) is 59.3 Å². The van der Waals surface area contributed by atoms with Gasteiger partial charge in [0.1, 0.15) is 0 Å². The second-order valence-corrected chi connectivity index (χ2v) is 10.6. The third-order valence-corrected chi connectivity index (χ3v) is 8.06. The van der Waals surface area contributed by atoms with Crippen LogP contribution in [0.3, 0.4) is 0 Å². The summed E-state index contributed by atoms with van der Waals surface area (Å²) >= 11 is 0. The van der Waals surface area contributed by atoms with Gasteiger partial charge in [0.05, 0.1) is 0 Å². The van der Waals surface area contributed by atoms with E-state index >= 15 is 0 Å². The molecule has 0 unspecified atom stereocenters. The number of imide groups is 2. The summed E-state index contributed by atoms with van der Waals surface area (Å²) in [7, 11) is 0. The monoisotopic (exact) mass is 549 g/mol. The Hall–Kier alpha value is -4.40. The van der Waals surface area contributed by atoms with Crippen LogP contribution in [0.5, 0.6) is 0 Å². The second-order valence-electron chi connectivity index (χ2n) is 10.6. The van der Waals surface area contributed by atoms with Gasteiger partial charge in [0.15, 0.2) is 0 Å². The highest BCUT2D eigenvalue weighted by molar-refractivity contribution is 6.26. The molecule has 2 aliphatic rings. The molecule has 0 atom stereocenters. The first-order valence-electron chi connectivity index (χ1n) is 14.1. The third-order valence-electron chi connectivity index (χ3n) is 8.06. The molecule has 0 saturated carbocycles. The van der Waals surface area contributed by atoms with Crippen LogP contribution in [0, 0.1) is 0 Å². The van der Waals surface area contributed by atoms with Crippen LogP contribution >= 0.6 is 0 Å². The molecular weight excluding hydrogens is 518 g/mol. The molecule has 0 fully saturated rings. The van der Waals surface area contributed by atoms with Gasteiger partial charge in [0.2, 0.25) is 0 Å². The Bertz CT molecular complexity index is 1470. The highest BCUT2D eigenvalue weighted by Gasteiger charge is 2.33. The summed E-state index contributed by atoms with van der Waals surface area (Å²) in [5.74, 6) is -1.12. The Balaban J connectivity index is 1.08. The van der Waals surface area contributed by atoms with Crippen molar-refractivity contribution in [3.8, 4) is 0 Å². The molecule has 1 N–H and O–H groups in total. The van der Waals surface area contributed by atoms with E-state index in [1.807, 2.05) is 48.5 Å². The molecule has 6 rings (SSSR count). The van der Waals surface area contributed by atoms with E-state index in [1.54, 1.807) is 24.3 Å². The summed E-state index contributed by atoms with van der Waals surface area (Å²) in [5.41, 5.74) is 2.18. The molecule has 2 aliphatic heterocycles. The first kappa shape index (κ1) is 26.8. The largest absolute Gasteiger partial charge is 0.396 e. The highest BCUT2D eigenvalue weighted by Crippen LogP contribution is 2.31. The third kappa shape index (κ3) is 4.79. The van der Waals surface area contributed by atoms with Gasteiger partial charge in [-0.2, -0.15) is 0 Å². The van der Waals surface area contributed by atoms with Crippen LogP contribution in [0.15, 0.2) is 72.8 Å². The van der Waals surface area contributed by atoms with Gasteiger partial charge in [-0.1, -0.05) is 48.5 Å². The predicted molar refractivity (Wildman–Crippen MR) is 156 cm³/mol. The Kier molecular flexibility index (Phi) is 7.34. The lowest BCUT2D eigenvalue weighted by Crippen LogP contribution is -2.43. The van der Waals surface area contributed by atoms with Gasteiger partial charge in [-0.15, -0.1) is 0 Å². The number of carbonyl (C=O) groups is 4. The summed E-state index contributed by atoms with van der Waals surface area (Å²) in [4.78, 5) is 57.7. The molecule has 4 amide bonds. The minimum Gasteiger partial charge on any atom is -0.396 e. The van der Waals surface area contributed by atoms with E-state index in [4.69, 9.17) is 0 Å². The molecule has 0 radical (unpaired) electrons. The standard InChI is InChI=1S/C33H31N3O5/c37-21-7-18-34(16-5-19-35-30(38)24-12-1-8-22-9-2-13-25(28(22)24)31(35)39)17-6-20-36-32(40)26-14-3-10-23-11-4-15-27(29(23)26)33(36)41/h1-4,8-15,37H,5-7,16-21H2. The average Bonchev–Trinajstić information content (AvgIpc) is 3.00. The molecule has 4 aromatic carbocycles. The van der Waals surface area contributed by atoms with E-state index in [0.717, 1.165) is 10.8 Å². The summed E-state index contributed by atoms with van der Waals surface area (Å²) < 4.78 is 0. The molecular formula is C33H31N3O5. The molecule has 208 valence electrons. The fraction of sp³-hybridized carbons (Fsp3) is 0.273. The number of hydrogen-bond donors (Lipinski definition) is 1. The van der Waals surface area contributed by atoms with E-state index in [0.29, 0.717) is 71.9 Å². The Labute approximate surface area is 237 Å². The first-order valence-corrected chi connectivity index (χ1v) is 14.1. The van der Waals surface area contributed by atoms with Crippen molar-refractivity contribution in [2.75, 3.05) is 39.3 Å². The van der Waals surface area contributed by atoms with Crippen molar-refractivity contribution in [2.45, 2.75) is 19.3 Å². The molecule has 0 aromatic heterocycles. The SMILES string of the molecule is O=C1c2cccc3cccc(c23)C(=O)N1CCCN(CCCO)CCCN1C(=O)c2cccc3cccc(c23)C1=O. The van der Waals surface area contributed by atoms with Gasteiger partial charge in [0.25, 0.3) is 23.6 Å². The number of nitrogens with zero attached hydrogens (tertiary/aromatic N) is 3. The molecule has 8 nitrogen and oxygen atoms in total. The maximum absolute atomic E-state index is 13.2. The lowest BCUT2D eigenvalue weighted by Gasteiger charge is -2.30. The van der Waals surface area contributed by atoms with Crippen LogP contribution in [0.1, 0.15) is 60.7 Å². The number of carbonyl (C=O) groups excluding carboxylic acids is 4.